The highest BCUT2D eigenvalue weighted by Crippen LogP contribution is 2.23. The zero-order valence-electron chi connectivity index (χ0n) is 15.5. The van der Waals surface area contributed by atoms with Gasteiger partial charge in [-0.3, -0.25) is 4.79 Å². The van der Waals surface area contributed by atoms with Gasteiger partial charge in [0, 0.05) is 25.7 Å². The Hall–Kier alpha value is -2.86. The van der Waals surface area contributed by atoms with E-state index in [1.54, 1.807) is 11.9 Å². The number of ether oxygens (including phenoxy) is 1. The molecule has 27 heavy (non-hydrogen) atoms. The van der Waals surface area contributed by atoms with Gasteiger partial charge in [0.2, 0.25) is 5.91 Å². The smallest absolute Gasteiger partial charge is 0.322 e. The molecule has 0 unspecified atom stereocenters. The van der Waals surface area contributed by atoms with Crippen LogP contribution < -0.4 is 10.6 Å². The number of hydrogen-bond acceptors (Lipinski definition) is 3. The molecule has 1 aliphatic heterocycles. The highest BCUT2D eigenvalue weighted by molar-refractivity contribution is 5.90. The van der Waals surface area contributed by atoms with Crippen molar-refractivity contribution in [2.75, 3.05) is 32.1 Å². The van der Waals surface area contributed by atoms with Crippen LogP contribution in [0.1, 0.15) is 23.7 Å². The number of morpholine rings is 1. The lowest BCUT2D eigenvalue weighted by atomic mass is 10.1. The molecule has 1 fully saturated rings. The molecule has 3 rings (SSSR count). The zero-order valence-corrected chi connectivity index (χ0v) is 15.5. The van der Waals surface area contributed by atoms with Crippen molar-refractivity contribution in [1.29, 1.82) is 0 Å². The van der Waals surface area contributed by atoms with Gasteiger partial charge in [-0.15, -0.1) is 0 Å². The number of carbonyl (C=O) groups excluding carboxylic acids is 2. The van der Waals surface area contributed by atoms with Crippen LogP contribution in [-0.2, 0) is 16.0 Å². The maximum absolute atomic E-state index is 12.8. The second-order valence-corrected chi connectivity index (χ2v) is 6.48. The minimum absolute atomic E-state index is 0.0185. The third-order valence-electron chi connectivity index (χ3n) is 4.68. The number of amides is 3. The van der Waals surface area contributed by atoms with Gasteiger partial charge in [0.05, 0.1) is 13.2 Å². The van der Waals surface area contributed by atoms with Crippen LogP contribution in [0.15, 0.2) is 54.6 Å². The Morgan fingerprint density at radius 3 is 2.63 bits per heavy atom. The summed E-state index contributed by atoms with van der Waals surface area (Å²) in [5.74, 6) is -0.0185. The maximum Gasteiger partial charge on any atom is 0.322 e. The first kappa shape index (κ1) is 18.9. The van der Waals surface area contributed by atoms with E-state index in [1.807, 2.05) is 54.6 Å². The summed E-state index contributed by atoms with van der Waals surface area (Å²) >= 11 is 0. The van der Waals surface area contributed by atoms with Crippen molar-refractivity contribution in [1.82, 2.24) is 10.2 Å². The summed E-state index contributed by atoms with van der Waals surface area (Å²) in [6, 6.07) is 17.4. The molecule has 0 bridgehead atoms. The standard InChI is InChI=1S/C21H25N3O3/c1-22-20(25)12-11-16-7-5-6-10-18(16)23-21(26)24-13-14-27-19(15-24)17-8-3-2-4-9-17/h2-10,19H,11-15H2,1H3,(H,22,25)(H,23,26)/t19-/m1/s1. The lowest BCUT2D eigenvalue weighted by Crippen LogP contribution is -2.44. The van der Waals surface area contributed by atoms with E-state index in [4.69, 9.17) is 4.74 Å². The molecule has 0 aromatic heterocycles. The Morgan fingerprint density at radius 2 is 1.85 bits per heavy atom. The van der Waals surface area contributed by atoms with Crippen molar-refractivity contribution < 1.29 is 14.3 Å². The molecule has 0 saturated carbocycles. The van der Waals surface area contributed by atoms with Gasteiger partial charge in [-0.25, -0.2) is 4.79 Å². The lowest BCUT2D eigenvalue weighted by molar-refractivity contribution is -0.120. The SMILES string of the molecule is CNC(=O)CCc1ccccc1NC(=O)N1CCO[C@@H](c2ccccc2)C1. The van der Waals surface area contributed by atoms with Gasteiger partial charge in [0.1, 0.15) is 6.10 Å². The van der Waals surface area contributed by atoms with Crippen LogP contribution in [0.25, 0.3) is 0 Å². The molecule has 2 aromatic carbocycles. The molecule has 6 heteroatoms. The number of anilines is 1. The molecule has 1 atom stereocenters. The quantitative estimate of drug-likeness (QED) is 0.854. The van der Waals surface area contributed by atoms with Crippen LogP contribution in [-0.4, -0.2) is 43.6 Å². The fraction of sp³-hybridized carbons (Fsp3) is 0.333. The third kappa shape index (κ3) is 5.08. The van der Waals surface area contributed by atoms with Crippen LogP contribution in [0.2, 0.25) is 0 Å². The number of aryl methyl sites for hydroxylation is 1. The Labute approximate surface area is 159 Å². The van der Waals surface area contributed by atoms with E-state index in [2.05, 4.69) is 10.6 Å². The second kappa shape index (κ2) is 9.19. The van der Waals surface area contributed by atoms with Gasteiger partial charge in [0.25, 0.3) is 0 Å². The van der Waals surface area contributed by atoms with Crippen LogP contribution in [0, 0.1) is 0 Å². The Balaban J connectivity index is 1.64. The normalized spacial score (nSPS) is 16.6. The number of benzene rings is 2. The van der Waals surface area contributed by atoms with Gasteiger partial charge in [-0.2, -0.15) is 0 Å². The Morgan fingerprint density at radius 1 is 1.11 bits per heavy atom. The molecule has 1 heterocycles. The number of hydrogen-bond donors (Lipinski definition) is 2. The van der Waals surface area contributed by atoms with Gasteiger partial charge in [-0.05, 0) is 23.6 Å². The van der Waals surface area contributed by atoms with Crippen LogP contribution in [0.5, 0.6) is 0 Å². The van der Waals surface area contributed by atoms with Crippen molar-refractivity contribution in [3.8, 4) is 0 Å². The van der Waals surface area contributed by atoms with Crippen molar-refractivity contribution in [2.45, 2.75) is 18.9 Å². The van der Waals surface area contributed by atoms with Gasteiger partial charge >= 0.3 is 6.03 Å². The number of carbonyl (C=O) groups is 2. The van der Waals surface area contributed by atoms with E-state index in [-0.39, 0.29) is 18.0 Å². The predicted octanol–water partition coefficient (Wildman–Crippen LogP) is 2.97. The molecular weight excluding hydrogens is 342 g/mol. The van der Waals surface area contributed by atoms with E-state index in [1.165, 1.54) is 0 Å². The summed E-state index contributed by atoms with van der Waals surface area (Å²) in [6.07, 6.45) is 0.845. The first-order valence-electron chi connectivity index (χ1n) is 9.18. The average molecular weight is 367 g/mol. The molecule has 2 aromatic rings. The van der Waals surface area contributed by atoms with Crippen molar-refractivity contribution in [3.05, 3.63) is 65.7 Å². The van der Waals surface area contributed by atoms with E-state index in [0.717, 1.165) is 16.8 Å². The van der Waals surface area contributed by atoms with E-state index in [9.17, 15) is 9.59 Å². The van der Waals surface area contributed by atoms with Crippen molar-refractivity contribution >= 4 is 17.6 Å². The zero-order chi connectivity index (χ0) is 19.1. The van der Waals surface area contributed by atoms with E-state index < -0.39 is 0 Å². The van der Waals surface area contributed by atoms with Crippen molar-refractivity contribution in [3.63, 3.8) is 0 Å². The summed E-state index contributed by atoms with van der Waals surface area (Å²) < 4.78 is 5.83. The van der Waals surface area contributed by atoms with E-state index >= 15 is 0 Å². The van der Waals surface area contributed by atoms with Crippen LogP contribution in [0.3, 0.4) is 0 Å². The topological polar surface area (TPSA) is 70.7 Å². The maximum atomic E-state index is 12.8. The minimum atomic E-state index is -0.147. The van der Waals surface area contributed by atoms with Gasteiger partial charge < -0.3 is 20.3 Å². The molecule has 142 valence electrons. The summed E-state index contributed by atoms with van der Waals surface area (Å²) in [6.45, 7) is 1.57. The second-order valence-electron chi connectivity index (χ2n) is 6.48. The average Bonchev–Trinajstić information content (AvgIpc) is 2.73. The highest BCUT2D eigenvalue weighted by atomic mass is 16.5. The first-order valence-corrected chi connectivity index (χ1v) is 9.18. The minimum Gasteiger partial charge on any atom is -0.370 e. The number of nitrogens with one attached hydrogen (secondary N) is 2. The highest BCUT2D eigenvalue weighted by Gasteiger charge is 2.25. The summed E-state index contributed by atoms with van der Waals surface area (Å²) in [5, 5.41) is 5.61. The van der Waals surface area contributed by atoms with Crippen LogP contribution >= 0.6 is 0 Å². The largest absolute Gasteiger partial charge is 0.370 e. The summed E-state index contributed by atoms with van der Waals surface area (Å²) in [5.41, 5.74) is 2.76. The number of rotatable bonds is 5. The fourth-order valence-electron chi connectivity index (χ4n) is 3.13. The lowest BCUT2D eigenvalue weighted by Gasteiger charge is -2.33. The molecule has 1 saturated heterocycles. The Bertz CT molecular complexity index is 779. The summed E-state index contributed by atoms with van der Waals surface area (Å²) in [4.78, 5) is 26.1. The van der Waals surface area contributed by atoms with Crippen LogP contribution in [0.4, 0.5) is 10.5 Å². The molecule has 0 spiro atoms. The predicted molar refractivity (Wildman–Crippen MR) is 105 cm³/mol. The van der Waals surface area contributed by atoms with E-state index in [0.29, 0.717) is 32.5 Å². The molecule has 2 N–H and O–H groups in total. The molecule has 0 radical (unpaired) electrons. The van der Waals surface area contributed by atoms with Gasteiger partial charge in [-0.1, -0.05) is 48.5 Å². The first-order chi connectivity index (χ1) is 13.2. The molecular formula is C21H25N3O3. The fourth-order valence-corrected chi connectivity index (χ4v) is 3.13. The molecule has 6 nitrogen and oxygen atoms in total. The number of nitrogens with zero attached hydrogens (tertiary/aromatic N) is 1. The van der Waals surface area contributed by atoms with Gasteiger partial charge in [0.15, 0.2) is 0 Å². The Kier molecular flexibility index (Phi) is 6.44. The number of urea groups is 1. The molecule has 1 aliphatic rings. The number of para-hydroxylation sites is 1. The molecule has 3 amide bonds. The molecule has 0 aliphatic carbocycles. The third-order valence-corrected chi connectivity index (χ3v) is 4.68. The van der Waals surface area contributed by atoms with Crippen molar-refractivity contribution in [2.24, 2.45) is 0 Å². The summed E-state index contributed by atoms with van der Waals surface area (Å²) in [7, 11) is 1.62. The monoisotopic (exact) mass is 367 g/mol.